The van der Waals surface area contributed by atoms with Crippen LogP contribution in [0.4, 0.5) is 8.78 Å². The Morgan fingerprint density at radius 2 is 2.15 bits per heavy atom. The van der Waals surface area contributed by atoms with E-state index in [1.807, 2.05) is 0 Å². The summed E-state index contributed by atoms with van der Waals surface area (Å²) in [4.78, 5) is 3.86. The molecule has 13 heavy (non-hydrogen) atoms. The minimum absolute atomic E-state index is 0.0179. The lowest BCUT2D eigenvalue weighted by atomic mass is 10.2. The number of hydrogen-bond acceptors (Lipinski definition) is 2. The topological polar surface area (TPSA) is 22.1 Å². The van der Waals surface area contributed by atoms with E-state index in [1.54, 1.807) is 6.92 Å². The Kier molecular flexibility index (Phi) is 3.19. The van der Waals surface area contributed by atoms with E-state index < -0.39 is 6.43 Å². The maximum Gasteiger partial charge on any atom is 0.269 e. The van der Waals surface area contributed by atoms with Crippen molar-refractivity contribution >= 4 is 15.9 Å². The highest BCUT2D eigenvalue weighted by molar-refractivity contribution is 9.10. The summed E-state index contributed by atoms with van der Waals surface area (Å²) in [6, 6.07) is 1.33. The van der Waals surface area contributed by atoms with E-state index in [-0.39, 0.29) is 11.4 Å². The number of alkyl halides is 2. The van der Waals surface area contributed by atoms with Crippen molar-refractivity contribution in [3.63, 3.8) is 0 Å². The molecule has 0 aliphatic carbocycles. The van der Waals surface area contributed by atoms with Gasteiger partial charge in [0.2, 0.25) is 5.88 Å². The predicted molar refractivity (Wildman–Crippen MR) is 48.2 cm³/mol. The molecule has 0 N–H and O–H groups in total. The van der Waals surface area contributed by atoms with Gasteiger partial charge in [0.25, 0.3) is 6.43 Å². The van der Waals surface area contributed by atoms with Crippen LogP contribution >= 0.6 is 15.9 Å². The van der Waals surface area contributed by atoms with Gasteiger partial charge in [0, 0.05) is 4.47 Å². The number of rotatable bonds is 2. The van der Waals surface area contributed by atoms with Crippen molar-refractivity contribution in [2.45, 2.75) is 13.3 Å². The van der Waals surface area contributed by atoms with Gasteiger partial charge < -0.3 is 4.74 Å². The standard InChI is InChI=1S/C8H8BrF2NO/c1-4-6(9)3-5(7(10)11)8(12-4)13-2/h3,7H,1-2H3. The monoisotopic (exact) mass is 251 g/mol. The Morgan fingerprint density at radius 1 is 1.54 bits per heavy atom. The molecule has 0 aromatic carbocycles. The Bertz CT molecular complexity index is 317. The molecule has 0 saturated heterocycles. The van der Waals surface area contributed by atoms with Gasteiger partial charge in [-0.05, 0) is 28.9 Å². The lowest BCUT2D eigenvalue weighted by Gasteiger charge is -2.08. The van der Waals surface area contributed by atoms with Crippen molar-refractivity contribution in [3.05, 3.63) is 21.8 Å². The van der Waals surface area contributed by atoms with E-state index in [2.05, 4.69) is 20.9 Å². The summed E-state index contributed by atoms with van der Waals surface area (Å²) in [5.41, 5.74) is 0.432. The molecule has 0 aliphatic rings. The second-order valence-electron chi connectivity index (χ2n) is 2.45. The quantitative estimate of drug-likeness (QED) is 0.806. The molecule has 1 aromatic heterocycles. The van der Waals surface area contributed by atoms with Crippen LogP contribution in [0.3, 0.4) is 0 Å². The number of aromatic nitrogens is 1. The first-order valence-electron chi connectivity index (χ1n) is 3.55. The lowest BCUT2D eigenvalue weighted by Crippen LogP contribution is -1.98. The number of ether oxygens (including phenoxy) is 1. The Balaban J connectivity index is 3.25. The van der Waals surface area contributed by atoms with Gasteiger partial charge in [0.1, 0.15) is 0 Å². The minimum atomic E-state index is -2.57. The third-order valence-corrected chi connectivity index (χ3v) is 2.38. The molecule has 0 unspecified atom stereocenters. The molecule has 0 amide bonds. The van der Waals surface area contributed by atoms with Crippen LogP contribution in [0.5, 0.6) is 5.88 Å². The third-order valence-electron chi connectivity index (χ3n) is 1.57. The fourth-order valence-electron chi connectivity index (χ4n) is 0.893. The van der Waals surface area contributed by atoms with Crippen LogP contribution in [-0.2, 0) is 0 Å². The molecule has 0 radical (unpaired) electrons. The first kappa shape index (κ1) is 10.4. The van der Waals surface area contributed by atoms with Crippen LogP contribution in [0, 0.1) is 6.92 Å². The molecule has 0 aliphatic heterocycles. The fraction of sp³-hybridized carbons (Fsp3) is 0.375. The fourth-order valence-corrected chi connectivity index (χ4v) is 1.23. The number of pyridine rings is 1. The van der Waals surface area contributed by atoms with Gasteiger partial charge >= 0.3 is 0 Å². The zero-order valence-corrected chi connectivity index (χ0v) is 8.73. The molecule has 1 aromatic rings. The normalized spacial score (nSPS) is 10.6. The summed E-state index contributed by atoms with van der Waals surface area (Å²) < 4.78 is 30.1. The summed E-state index contributed by atoms with van der Waals surface area (Å²) in [7, 11) is 1.32. The SMILES string of the molecule is COc1nc(C)c(Br)cc1C(F)F. The zero-order valence-electron chi connectivity index (χ0n) is 7.14. The molecule has 1 heterocycles. The van der Waals surface area contributed by atoms with Crippen molar-refractivity contribution in [3.8, 4) is 5.88 Å². The van der Waals surface area contributed by atoms with E-state index in [0.29, 0.717) is 10.2 Å². The van der Waals surface area contributed by atoms with Crippen LogP contribution in [-0.4, -0.2) is 12.1 Å². The third kappa shape index (κ3) is 2.15. The number of halogens is 3. The maximum atomic E-state index is 12.4. The summed E-state index contributed by atoms with van der Waals surface area (Å²) >= 11 is 3.13. The van der Waals surface area contributed by atoms with Gasteiger partial charge in [-0.1, -0.05) is 0 Å². The minimum Gasteiger partial charge on any atom is -0.481 e. The summed E-state index contributed by atoms with van der Waals surface area (Å²) in [6.45, 7) is 1.71. The van der Waals surface area contributed by atoms with Gasteiger partial charge in [0.15, 0.2) is 0 Å². The first-order chi connectivity index (χ1) is 6.06. The molecule has 0 spiro atoms. The van der Waals surface area contributed by atoms with E-state index in [1.165, 1.54) is 13.2 Å². The van der Waals surface area contributed by atoms with Crippen LogP contribution in [0.1, 0.15) is 17.7 Å². The van der Waals surface area contributed by atoms with E-state index >= 15 is 0 Å². The first-order valence-corrected chi connectivity index (χ1v) is 4.34. The molecule has 72 valence electrons. The molecule has 0 atom stereocenters. The van der Waals surface area contributed by atoms with Crippen molar-refractivity contribution in [1.29, 1.82) is 0 Å². The maximum absolute atomic E-state index is 12.4. The van der Waals surface area contributed by atoms with Gasteiger partial charge in [-0.15, -0.1) is 0 Å². The lowest BCUT2D eigenvalue weighted by molar-refractivity contribution is 0.146. The van der Waals surface area contributed by atoms with Crippen molar-refractivity contribution in [1.82, 2.24) is 4.98 Å². The van der Waals surface area contributed by atoms with Crippen LogP contribution in [0.15, 0.2) is 10.5 Å². The highest BCUT2D eigenvalue weighted by atomic mass is 79.9. The second kappa shape index (κ2) is 4.00. The van der Waals surface area contributed by atoms with Gasteiger partial charge in [0.05, 0.1) is 18.4 Å². The zero-order chi connectivity index (χ0) is 10.0. The molecule has 0 fully saturated rings. The van der Waals surface area contributed by atoms with Crippen molar-refractivity contribution in [2.24, 2.45) is 0 Å². The van der Waals surface area contributed by atoms with Crippen LogP contribution < -0.4 is 4.74 Å². The molecular formula is C8H8BrF2NO. The smallest absolute Gasteiger partial charge is 0.269 e. The highest BCUT2D eigenvalue weighted by Crippen LogP contribution is 2.30. The molecular weight excluding hydrogens is 244 g/mol. The summed E-state index contributed by atoms with van der Waals surface area (Å²) in [5.74, 6) is -0.0179. The average molecular weight is 252 g/mol. The average Bonchev–Trinajstić information content (AvgIpc) is 2.08. The molecule has 1 rings (SSSR count). The van der Waals surface area contributed by atoms with Crippen molar-refractivity contribution < 1.29 is 13.5 Å². The van der Waals surface area contributed by atoms with Gasteiger partial charge in [-0.2, -0.15) is 0 Å². The van der Waals surface area contributed by atoms with E-state index in [4.69, 9.17) is 4.74 Å². The number of hydrogen-bond donors (Lipinski definition) is 0. The second-order valence-corrected chi connectivity index (χ2v) is 3.31. The molecule has 5 heteroatoms. The Labute approximate surface area is 83.1 Å². The number of methoxy groups -OCH3 is 1. The molecule has 2 nitrogen and oxygen atoms in total. The van der Waals surface area contributed by atoms with Crippen LogP contribution in [0.2, 0.25) is 0 Å². The summed E-state index contributed by atoms with van der Waals surface area (Å²) in [5, 5.41) is 0. The molecule has 0 bridgehead atoms. The van der Waals surface area contributed by atoms with Gasteiger partial charge in [-0.25, -0.2) is 13.8 Å². The van der Waals surface area contributed by atoms with Gasteiger partial charge in [-0.3, -0.25) is 0 Å². The van der Waals surface area contributed by atoms with Crippen LogP contribution in [0.25, 0.3) is 0 Å². The van der Waals surface area contributed by atoms with Crippen molar-refractivity contribution in [2.75, 3.05) is 7.11 Å². The summed E-state index contributed by atoms with van der Waals surface area (Å²) in [6.07, 6.45) is -2.57. The predicted octanol–water partition coefficient (Wildman–Crippen LogP) is 3.10. The largest absolute Gasteiger partial charge is 0.481 e. The number of aryl methyl sites for hydroxylation is 1. The highest BCUT2D eigenvalue weighted by Gasteiger charge is 2.16. The van der Waals surface area contributed by atoms with E-state index in [9.17, 15) is 8.78 Å². The molecule has 0 saturated carbocycles. The number of nitrogens with zero attached hydrogens (tertiary/aromatic N) is 1. The Morgan fingerprint density at radius 3 is 2.62 bits per heavy atom. The van der Waals surface area contributed by atoms with E-state index in [0.717, 1.165) is 0 Å². The Hall–Kier alpha value is -0.710.